The highest BCUT2D eigenvalue weighted by Gasteiger charge is 2.27. The fourth-order valence-electron chi connectivity index (χ4n) is 4.16. The first-order valence-corrected chi connectivity index (χ1v) is 12.9. The van der Waals surface area contributed by atoms with Gasteiger partial charge in [0, 0.05) is 37.7 Å². The Hall–Kier alpha value is -3.17. The number of aromatic nitrogens is 2. The van der Waals surface area contributed by atoms with Crippen LogP contribution in [-0.2, 0) is 16.6 Å². The Bertz CT molecular complexity index is 1240. The first-order chi connectivity index (χ1) is 16.4. The van der Waals surface area contributed by atoms with Gasteiger partial charge in [-0.05, 0) is 55.7 Å². The third-order valence-corrected chi connectivity index (χ3v) is 8.01. The fourth-order valence-corrected chi connectivity index (χ4v) is 5.70. The van der Waals surface area contributed by atoms with Crippen molar-refractivity contribution in [2.24, 2.45) is 0 Å². The van der Waals surface area contributed by atoms with Gasteiger partial charge in [0.25, 0.3) is 5.91 Å². The molecule has 0 atom stereocenters. The van der Waals surface area contributed by atoms with Crippen molar-refractivity contribution in [1.29, 1.82) is 0 Å². The number of benzene rings is 2. The second kappa shape index (κ2) is 10.4. The zero-order valence-corrected chi connectivity index (χ0v) is 20.3. The second-order valence-electron chi connectivity index (χ2n) is 8.37. The van der Waals surface area contributed by atoms with Crippen LogP contribution >= 0.6 is 0 Å². The Kier molecular flexibility index (Phi) is 7.33. The van der Waals surface area contributed by atoms with Crippen LogP contribution in [0.2, 0.25) is 0 Å². The Morgan fingerprint density at radius 3 is 2.38 bits per heavy atom. The lowest BCUT2D eigenvalue weighted by molar-refractivity contribution is 0.0947. The molecular weight excluding hydrogens is 452 g/mol. The van der Waals surface area contributed by atoms with Crippen molar-refractivity contribution < 1.29 is 17.9 Å². The number of nitrogens with one attached hydrogen (secondary N) is 1. The van der Waals surface area contributed by atoms with Crippen LogP contribution < -0.4 is 10.1 Å². The van der Waals surface area contributed by atoms with E-state index in [1.165, 1.54) is 23.5 Å². The molecule has 9 heteroatoms. The summed E-state index contributed by atoms with van der Waals surface area (Å²) in [5.41, 5.74) is 2.10. The van der Waals surface area contributed by atoms with Gasteiger partial charge in [0.05, 0.1) is 17.6 Å². The Morgan fingerprint density at radius 1 is 1.06 bits per heavy atom. The highest BCUT2D eigenvalue weighted by atomic mass is 32.2. The summed E-state index contributed by atoms with van der Waals surface area (Å²) >= 11 is 0. The number of carbonyl (C=O) groups excluding carboxylic acids is 1. The van der Waals surface area contributed by atoms with Crippen molar-refractivity contribution >= 4 is 15.9 Å². The predicted octanol–water partition coefficient (Wildman–Crippen LogP) is 3.68. The molecule has 4 rings (SSSR count). The van der Waals surface area contributed by atoms with E-state index in [0.29, 0.717) is 25.4 Å². The highest BCUT2D eigenvalue weighted by Crippen LogP contribution is 2.26. The van der Waals surface area contributed by atoms with E-state index < -0.39 is 10.0 Å². The maximum Gasteiger partial charge on any atom is 0.255 e. The number of rotatable bonds is 7. The van der Waals surface area contributed by atoms with E-state index in [1.807, 2.05) is 42.0 Å². The molecule has 0 radical (unpaired) electrons. The van der Waals surface area contributed by atoms with Crippen LogP contribution in [0, 0.1) is 6.92 Å². The molecule has 1 aliphatic rings. The molecule has 0 aliphatic carbocycles. The normalized spacial score (nSPS) is 15.0. The lowest BCUT2D eigenvalue weighted by atomic mass is 10.1. The van der Waals surface area contributed by atoms with E-state index >= 15 is 0 Å². The van der Waals surface area contributed by atoms with E-state index in [1.54, 1.807) is 12.3 Å². The number of carbonyl (C=O) groups is 1. The third kappa shape index (κ3) is 5.15. The van der Waals surface area contributed by atoms with E-state index in [-0.39, 0.29) is 16.4 Å². The van der Waals surface area contributed by atoms with Crippen molar-refractivity contribution in [2.75, 3.05) is 20.2 Å². The van der Waals surface area contributed by atoms with E-state index in [9.17, 15) is 13.2 Å². The van der Waals surface area contributed by atoms with Gasteiger partial charge in [0.15, 0.2) is 0 Å². The molecule has 1 saturated heterocycles. The molecule has 2 heterocycles. The number of amides is 1. The topological polar surface area (TPSA) is 93.5 Å². The zero-order chi connectivity index (χ0) is 24.1. The first kappa shape index (κ1) is 24.0. The average molecular weight is 483 g/mol. The summed E-state index contributed by atoms with van der Waals surface area (Å²) in [6, 6.07) is 12.3. The Morgan fingerprint density at radius 2 is 1.76 bits per heavy atom. The highest BCUT2D eigenvalue weighted by molar-refractivity contribution is 7.89. The van der Waals surface area contributed by atoms with Crippen LogP contribution in [0.4, 0.5) is 0 Å². The lowest BCUT2D eigenvalue weighted by Crippen LogP contribution is -2.32. The monoisotopic (exact) mass is 482 g/mol. The fraction of sp³-hybridized carbons (Fsp3) is 0.360. The molecule has 0 unspecified atom stereocenters. The number of imidazole rings is 1. The Labute approximate surface area is 200 Å². The lowest BCUT2D eigenvalue weighted by Gasteiger charge is -2.20. The number of hydrogen-bond acceptors (Lipinski definition) is 5. The summed E-state index contributed by atoms with van der Waals surface area (Å²) in [6.45, 7) is 3.24. The van der Waals surface area contributed by atoms with Gasteiger partial charge in [-0.3, -0.25) is 4.79 Å². The SMILES string of the molecule is COc1ccc(S(=O)(=O)N2CCCCCC2)cc1C(=O)NCc1ccc(-n2ccnc2C)cc1. The summed E-state index contributed by atoms with van der Waals surface area (Å²) in [7, 11) is -2.21. The van der Waals surface area contributed by atoms with E-state index in [4.69, 9.17) is 4.74 Å². The van der Waals surface area contributed by atoms with Gasteiger partial charge in [0.1, 0.15) is 11.6 Å². The van der Waals surface area contributed by atoms with Crippen LogP contribution in [0.15, 0.2) is 59.8 Å². The van der Waals surface area contributed by atoms with Crippen LogP contribution in [0.1, 0.15) is 47.4 Å². The van der Waals surface area contributed by atoms with Crippen molar-refractivity contribution in [3.63, 3.8) is 0 Å². The maximum absolute atomic E-state index is 13.2. The number of nitrogens with zero attached hydrogens (tertiary/aromatic N) is 3. The van der Waals surface area contributed by atoms with Gasteiger partial charge < -0.3 is 14.6 Å². The minimum absolute atomic E-state index is 0.111. The number of sulfonamides is 1. The van der Waals surface area contributed by atoms with Crippen LogP contribution in [-0.4, -0.2) is 48.4 Å². The standard InChI is InChI=1S/C25H30N4O4S/c1-19-26-13-16-29(19)21-9-7-20(8-10-21)18-27-25(30)23-17-22(11-12-24(23)33-2)34(31,32)28-14-5-3-4-6-15-28/h7-13,16-17H,3-6,14-15,18H2,1-2H3,(H,27,30). The Balaban J connectivity index is 1.49. The molecule has 1 amide bonds. The number of aryl methyl sites for hydroxylation is 1. The van der Waals surface area contributed by atoms with Crippen molar-refractivity contribution in [3.8, 4) is 11.4 Å². The second-order valence-corrected chi connectivity index (χ2v) is 10.3. The maximum atomic E-state index is 13.2. The summed E-state index contributed by atoms with van der Waals surface area (Å²) in [6.07, 6.45) is 7.41. The summed E-state index contributed by atoms with van der Waals surface area (Å²) in [5, 5.41) is 2.88. The van der Waals surface area contributed by atoms with Gasteiger partial charge in [-0.15, -0.1) is 0 Å². The average Bonchev–Trinajstić information content (AvgIpc) is 3.09. The van der Waals surface area contributed by atoms with Crippen molar-refractivity contribution in [1.82, 2.24) is 19.2 Å². The number of methoxy groups -OCH3 is 1. The van der Waals surface area contributed by atoms with Gasteiger partial charge in [0.2, 0.25) is 10.0 Å². The molecule has 1 fully saturated rings. The minimum Gasteiger partial charge on any atom is -0.496 e. The number of hydrogen-bond donors (Lipinski definition) is 1. The molecule has 8 nitrogen and oxygen atoms in total. The molecule has 1 N–H and O–H groups in total. The zero-order valence-electron chi connectivity index (χ0n) is 19.5. The third-order valence-electron chi connectivity index (χ3n) is 6.11. The van der Waals surface area contributed by atoms with Gasteiger partial charge >= 0.3 is 0 Å². The molecule has 0 bridgehead atoms. The molecule has 3 aromatic rings. The molecule has 0 spiro atoms. The molecule has 180 valence electrons. The molecular formula is C25H30N4O4S. The van der Waals surface area contributed by atoms with Gasteiger partial charge in [-0.25, -0.2) is 13.4 Å². The molecule has 34 heavy (non-hydrogen) atoms. The van der Waals surface area contributed by atoms with Crippen LogP contribution in [0.5, 0.6) is 5.75 Å². The molecule has 1 aliphatic heterocycles. The van der Waals surface area contributed by atoms with Gasteiger partial charge in [-0.1, -0.05) is 25.0 Å². The number of ether oxygens (including phenoxy) is 1. The van der Waals surface area contributed by atoms with E-state index in [0.717, 1.165) is 42.8 Å². The molecule has 0 saturated carbocycles. The van der Waals surface area contributed by atoms with E-state index in [2.05, 4.69) is 10.3 Å². The molecule has 1 aromatic heterocycles. The largest absolute Gasteiger partial charge is 0.496 e. The summed E-state index contributed by atoms with van der Waals surface area (Å²) in [5.74, 6) is 0.834. The van der Waals surface area contributed by atoms with Crippen LogP contribution in [0.25, 0.3) is 5.69 Å². The summed E-state index contributed by atoms with van der Waals surface area (Å²) < 4.78 is 35.2. The predicted molar refractivity (Wildman–Crippen MR) is 130 cm³/mol. The van der Waals surface area contributed by atoms with Crippen molar-refractivity contribution in [3.05, 3.63) is 71.8 Å². The van der Waals surface area contributed by atoms with Crippen molar-refractivity contribution in [2.45, 2.75) is 44.0 Å². The summed E-state index contributed by atoms with van der Waals surface area (Å²) in [4.78, 5) is 17.3. The minimum atomic E-state index is -3.67. The quantitative estimate of drug-likeness (QED) is 0.554. The van der Waals surface area contributed by atoms with Crippen LogP contribution in [0.3, 0.4) is 0 Å². The smallest absolute Gasteiger partial charge is 0.255 e. The molecule has 2 aromatic carbocycles. The van der Waals surface area contributed by atoms with Gasteiger partial charge in [-0.2, -0.15) is 4.31 Å². The first-order valence-electron chi connectivity index (χ1n) is 11.5.